The second-order valence-corrected chi connectivity index (χ2v) is 19.4. The molecule has 326 valence electrons. The number of aliphatic hydroxyl groups is 1. The van der Waals surface area contributed by atoms with Gasteiger partial charge in [-0.15, -0.1) is 0 Å². The monoisotopic (exact) mass is 794 g/mol. The van der Waals surface area contributed by atoms with Gasteiger partial charge in [-0.05, 0) is 90.8 Å². The van der Waals surface area contributed by atoms with Crippen LogP contribution in [0.25, 0.3) is 0 Å². The predicted octanol–water partition coefficient (Wildman–Crippen LogP) is 9.52. The van der Waals surface area contributed by atoms with E-state index in [4.69, 9.17) is 14.2 Å². The zero-order valence-corrected chi connectivity index (χ0v) is 38.4. The number of carbonyl (C=O) groups is 5. The molecule has 0 aliphatic carbocycles. The number of carbonyl (C=O) groups excluding carboxylic acids is 5. The number of likely N-dealkylation sites (tertiary alicyclic amines) is 1. The molecule has 1 aliphatic heterocycles. The van der Waals surface area contributed by atoms with Crippen LogP contribution in [0.15, 0.2) is 0 Å². The average Bonchev–Trinajstić information content (AvgIpc) is 3.57. The van der Waals surface area contributed by atoms with Gasteiger partial charge in [-0.1, -0.05) is 110 Å². The van der Waals surface area contributed by atoms with Crippen LogP contribution in [-0.4, -0.2) is 78.6 Å². The predicted molar refractivity (Wildman–Crippen MR) is 223 cm³/mol. The lowest BCUT2D eigenvalue weighted by atomic mass is 9.47. The van der Waals surface area contributed by atoms with E-state index in [1.165, 1.54) is 6.92 Å². The van der Waals surface area contributed by atoms with Crippen molar-refractivity contribution in [2.24, 2.45) is 44.3 Å². The van der Waals surface area contributed by atoms with Gasteiger partial charge in [0.2, 0.25) is 5.91 Å². The Morgan fingerprint density at radius 3 is 1.70 bits per heavy atom. The van der Waals surface area contributed by atoms with Crippen molar-refractivity contribution in [2.45, 2.75) is 187 Å². The summed E-state index contributed by atoms with van der Waals surface area (Å²) in [5.41, 5.74) is -2.58. The number of hydrogen-bond donors (Lipinski definition) is 1. The Balaban J connectivity index is 4.01. The fourth-order valence-corrected chi connectivity index (χ4v) is 9.90. The van der Waals surface area contributed by atoms with Crippen LogP contribution in [0.3, 0.4) is 0 Å². The molecular weight excluding hydrogens is 711 g/mol. The van der Waals surface area contributed by atoms with Gasteiger partial charge in [0, 0.05) is 19.0 Å². The first-order chi connectivity index (χ1) is 25.9. The molecule has 0 spiro atoms. The lowest BCUT2D eigenvalue weighted by Crippen LogP contribution is -2.55. The number of ketones is 1. The molecule has 0 aromatic carbocycles. The maximum absolute atomic E-state index is 14.9. The lowest BCUT2D eigenvalue weighted by Gasteiger charge is -2.57. The molecule has 10 nitrogen and oxygen atoms in total. The van der Waals surface area contributed by atoms with E-state index in [-0.39, 0.29) is 73.3 Å². The molecule has 0 aromatic rings. The summed E-state index contributed by atoms with van der Waals surface area (Å²) < 4.78 is 17.0. The number of amides is 1. The van der Waals surface area contributed by atoms with E-state index >= 15 is 0 Å². The SMILES string of the molecule is CCC(C)(C)CC(C(=O)OCCO)C(CC)(CC)C(C)(C)CC(C(=O)OCCOC(=O)CC(C)=O)C(C)(CC)C(C)(CC)CC(N1CCCC1=O)C(C)(C)CC. The van der Waals surface area contributed by atoms with E-state index in [2.05, 4.69) is 102 Å². The second kappa shape index (κ2) is 21.5. The number of aliphatic hydroxyl groups excluding tert-OH is 1. The molecule has 10 heteroatoms. The maximum Gasteiger partial charge on any atom is 0.313 e. The van der Waals surface area contributed by atoms with Gasteiger partial charge in [0.15, 0.2) is 0 Å². The number of hydrogen-bond acceptors (Lipinski definition) is 9. The molecule has 1 N–H and O–H groups in total. The Hall–Kier alpha value is -2.49. The molecule has 1 saturated heterocycles. The van der Waals surface area contributed by atoms with E-state index < -0.39 is 39.5 Å². The molecule has 0 radical (unpaired) electrons. The highest BCUT2D eigenvalue weighted by atomic mass is 16.6. The molecule has 0 aromatic heterocycles. The number of Topliss-reactive ketones (excluding diaryl/α,β-unsaturated/α-hetero) is 1. The highest BCUT2D eigenvalue weighted by Gasteiger charge is 2.58. The summed E-state index contributed by atoms with van der Waals surface area (Å²) in [5.74, 6) is -2.60. The molecule has 1 rings (SSSR count). The summed E-state index contributed by atoms with van der Waals surface area (Å²) in [6.45, 7) is 32.0. The zero-order valence-electron chi connectivity index (χ0n) is 38.4. The molecule has 56 heavy (non-hydrogen) atoms. The molecule has 1 aliphatic rings. The van der Waals surface area contributed by atoms with Crippen molar-refractivity contribution in [1.29, 1.82) is 0 Å². The van der Waals surface area contributed by atoms with Gasteiger partial charge in [0.25, 0.3) is 0 Å². The molecule has 0 bridgehead atoms. The van der Waals surface area contributed by atoms with Gasteiger partial charge in [-0.3, -0.25) is 24.0 Å². The van der Waals surface area contributed by atoms with Crippen molar-refractivity contribution in [3.05, 3.63) is 0 Å². The number of nitrogens with zero attached hydrogens (tertiary/aromatic N) is 1. The average molecular weight is 794 g/mol. The summed E-state index contributed by atoms with van der Waals surface area (Å²) in [6.07, 6.45) is 7.28. The Morgan fingerprint density at radius 2 is 1.25 bits per heavy atom. The minimum absolute atomic E-state index is 0.0315. The summed E-state index contributed by atoms with van der Waals surface area (Å²) in [7, 11) is 0. The van der Waals surface area contributed by atoms with Crippen LogP contribution in [0.1, 0.15) is 181 Å². The van der Waals surface area contributed by atoms with Gasteiger partial charge < -0.3 is 24.2 Å². The fourth-order valence-electron chi connectivity index (χ4n) is 9.90. The first-order valence-electron chi connectivity index (χ1n) is 21.8. The number of rotatable bonds is 27. The summed E-state index contributed by atoms with van der Waals surface area (Å²) >= 11 is 0. The van der Waals surface area contributed by atoms with E-state index in [0.29, 0.717) is 44.9 Å². The normalized spacial score (nSPS) is 18.1. The third-order valence-corrected chi connectivity index (χ3v) is 15.2. The Kier molecular flexibility index (Phi) is 19.8. The van der Waals surface area contributed by atoms with Gasteiger partial charge in [0.1, 0.15) is 32.0 Å². The molecule has 0 saturated carbocycles. The van der Waals surface area contributed by atoms with Crippen LogP contribution in [0.2, 0.25) is 0 Å². The van der Waals surface area contributed by atoms with Crippen molar-refractivity contribution < 1.29 is 43.3 Å². The Bertz CT molecular complexity index is 1300. The van der Waals surface area contributed by atoms with Gasteiger partial charge >= 0.3 is 17.9 Å². The summed E-state index contributed by atoms with van der Waals surface area (Å²) in [5, 5.41) is 9.63. The van der Waals surface area contributed by atoms with Crippen molar-refractivity contribution >= 4 is 29.6 Å². The first kappa shape index (κ1) is 51.5. The van der Waals surface area contributed by atoms with Crippen molar-refractivity contribution in [3.8, 4) is 0 Å². The van der Waals surface area contributed by atoms with Gasteiger partial charge in [-0.25, -0.2) is 0 Å². The Labute approximate surface area is 341 Å². The zero-order chi connectivity index (χ0) is 43.3. The summed E-state index contributed by atoms with van der Waals surface area (Å²) in [6, 6.07) is -0.0315. The van der Waals surface area contributed by atoms with Crippen molar-refractivity contribution in [2.75, 3.05) is 33.0 Å². The number of esters is 3. The molecule has 5 unspecified atom stereocenters. The van der Waals surface area contributed by atoms with Crippen molar-refractivity contribution in [3.63, 3.8) is 0 Å². The second-order valence-electron chi connectivity index (χ2n) is 19.4. The molecule has 1 heterocycles. The lowest BCUT2D eigenvalue weighted by molar-refractivity contribution is -0.174. The first-order valence-corrected chi connectivity index (χ1v) is 21.8. The van der Waals surface area contributed by atoms with Crippen LogP contribution in [-0.2, 0) is 38.2 Å². The number of ether oxygens (including phenoxy) is 3. The third kappa shape index (κ3) is 12.3. The fraction of sp³-hybridized carbons (Fsp3) is 0.891. The maximum atomic E-state index is 14.9. The van der Waals surface area contributed by atoms with E-state index in [9.17, 15) is 29.1 Å². The molecule has 5 atom stereocenters. The molecule has 1 fully saturated rings. The van der Waals surface area contributed by atoms with Crippen molar-refractivity contribution in [1.82, 2.24) is 4.90 Å². The van der Waals surface area contributed by atoms with E-state index in [1.807, 2.05) is 0 Å². The van der Waals surface area contributed by atoms with Crippen LogP contribution in [0.5, 0.6) is 0 Å². The highest BCUT2D eigenvalue weighted by molar-refractivity contribution is 5.94. The quantitative estimate of drug-likeness (QED) is 0.0373. The van der Waals surface area contributed by atoms with Crippen LogP contribution in [0.4, 0.5) is 0 Å². The Morgan fingerprint density at radius 1 is 0.696 bits per heavy atom. The topological polar surface area (TPSA) is 137 Å². The minimum Gasteiger partial charge on any atom is -0.463 e. The van der Waals surface area contributed by atoms with Crippen LogP contribution >= 0.6 is 0 Å². The largest absolute Gasteiger partial charge is 0.463 e. The highest BCUT2D eigenvalue weighted by Crippen LogP contribution is 2.62. The van der Waals surface area contributed by atoms with E-state index in [1.54, 1.807) is 0 Å². The minimum atomic E-state index is -0.658. The standard InChI is InChI=1S/C46H83NO9/c1-16-41(8,9)30-35(40(53)55-26-25-48)46(20-5,21-6)43(12,13)31-34(39(52)56-28-27-54-38(51)29-33(7)49)45(15,19-4)44(14,18-3)32-36(42(10,11)17-2)47-24-22-23-37(47)50/h34-36,48H,16-32H2,1-15H3. The summed E-state index contributed by atoms with van der Waals surface area (Å²) in [4.78, 5) is 68.1. The third-order valence-electron chi connectivity index (χ3n) is 15.2. The smallest absolute Gasteiger partial charge is 0.313 e. The molecular formula is C46H83NO9. The van der Waals surface area contributed by atoms with Crippen LogP contribution in [0, 0.1) is 44.3 Å². The van der Waals surface area contributed by atoms with Gasteiger partial charge in [-0.2, -0.15) is 0 Å². The molecule has 1 amide bonds. The van der Waals surface area contributed by atoms with Gasteiger partial charge in [0.05, 0.1) is 18.4 Å². The van der Waals surface area contributed by atoms with Crippen LogP contribution < -0.4 is 0 Å². The van der Waals surface area contributed by atoms with E-state index in [0.717, 1.165) is 32.2 Å².